The highest BCUT2D eigenvalue weighted by molar-refractivity contribution is 9.39. The molecule has 0 aliphatic carbocycles. The Kier molecular flexibility index (Phi) is 20.9. The maximum Gasteiger partial charge on any atom is 0.265 e. The van der Waals surface area contributed by atoms with E-state index in [-0.39, 0.29) is 0 Å². The van der Waals surface area contributed by atoms with Crippen molar-refractivity contribution in [1.29, 1.82) is 0 Å². The summed E-state index contributed by atoms with van der Waals surface area (Å²) >= 11 is 3.34. The third-order valence-electron chi connectivity index (χ3n) is 5.06. The molecule has 0 rings (SSSR count). The van der Waals surface area contributed by atoms with Crippen LogP contribution in [0.25, 0.3) is 0 Å². The second kappa shape index (κ2) is 20.4. The monoisotopic (exact) mass is 452 g/mol. The highest BCUT2D eigenvalue weighted by Crippen LogP contribution is 2.55. The summed E-state index contributed by atoms with van der Waals surface area (Å²) in [4.78, 5) is 0. The van der Waals surface area contributed by atoms with Crippen molar-refractivity contribution in [1.82, 2.24) is 0 Å². The normalized spacial score (nSPS) is 13.8. The molecule has 0 saturated heterocycles. The summed E-state index contributed by atoms with van der Waals surface area (Å²) < 4.78 is 18.0. The first-order valence-electron chi connectivity index (χ1n) is 11.6. The van der Waals surface area contributed by atoms with Crippen LogP contribution in [0.4, 0.5) is 0 Å². The Morgan fingerprint density at radius 1 is 0.577 bits per heavy atom. The van der Waals surface area contributed by atoms with E-state index in [0.717, 1.165) is 12.8 Å². The second-order valence-electron chi connectivity index (χ2n) is 7.80. The van der Waals surface area contributed by atoms with Gasteiger partial charge in [0, 0.05) is 21.7 Å². The lowest BCUT2D eigenvalue weighted by Gasteiger charge is -2.12. The molecular formula is C22H46BrO2P. The van der Waals surface area contributed by atoms with Gasteiger partial charge in [-0.15, -0.1) is 0 Å². The van der Waals surface area contributed by atoms with Crippen LogP contribution in [-0.4, -0.2) is 12.8 Å². The van der Waals surface area contributed by atoms with E-state index in [1.165, 1.54) is 103 Å². The van der Waals surface area contributed by atoms with Crippen LogP contribution < -0.4 is 0 Å². The van der Waals surface area contributed by atoms with Crippen LogP contribution in [0, 0.1) is 0 Å². The lowest BCUT2D eigenvalue weighted by Crippen LogP contribution is -1.94. The Hall–Kier alpha value is 0.670. The van der Waals surface area contributed by atoms with Crippen molar-refractivity contribution in [3.8, 4) is 0 Å². The minimum absolute atomic E-state index is 0.649. The average molecular weight is 453 g/mol. The van der Waals surface area contributed by atoms with Gasteiger partial charge in [-0.05, 0) is 12.8 Å². The molecule has 0 radical (unpaired) electrons. The number of halogens is 1. The van der Waals surface area contributed by atoms with E-state index in [1.54, 1.807) is 0 Å². The van der Waals surface area contributed by atoms with Crippen LogP contribution in [0.1, 0.15) is 129 Å². The molecule has 0 amide bonds. The molecule has 4 heteroatoms. The molecule has 0 spiro atoms. The van der Waals surface area contributed by atoms with Crippen LogP contribution in [0.5, 0.6) is 0 Å². The minimum atomic E-state index is -2.52. The first kappa shape index (κ1) is 26.7. The molecule has 0 N–H and O–H groups in total. The Morgan fingerprint density at radius 2 is 0.923 bits per heavy atom. The topological polar surface area (TPSA) is 26.3 Å². The molecule has 0 fully saturated rings. The summed E-state index contributed by atoms with van der Waals surface area (Å²) in [5, 5.41) is 0. The molecule has 0 aliphatic rings. The largest absolute Gasteiger partial charge is 0.321 e. The minimum Gasteiger partial charge on any atom is -0.321 e. The molecule has 158 valence electrons. The summed E-state index contributed by atoms with van der Waals surface area (Å²) in [6, 6.07) is 0. The highest BCUT2D eigenvalue weighted by atomic mass is 79.9. The maximum atomic E-state index is 12.3. The van der Waals surface area contributed by atoms with Gasteiger partial charge in [-0.2, -0.15) is 0 Å². The Balaban J connectivity index is 3.32. The predicted molar refractivity (Wildman–Crippen MR) is 122 cm³/mol. The highest BCUT2D eigenvalue weighted by Gasteiger charge is 2.17. The Labute approximate surface area is 172 Å². The van der Waals surface area contributed by atoms with E-state index in [0.29, 0.717) is 12.8 Å². The molecule has 2 nitrogen and oxygen atoms in total. The van der Waals surface area contributed by atoms with Gasteiger partial charge in [-0.25, -0.2) is 0 Å². The molecule has 0 aromatic rings. The fraction of sp³-hybridized carbons (Fsp3) is 1.00. The van der Waals surface area contributed by atoms with Crippen molar-refractivity contribution >= 4 is 21.6 Å². The molecule has 0 heterocycles. The Bertz CT molecular complexity index is 323. The van der Waals surface area contributed by atoms with E-state index in [2.05, 4.69) is 29.3 Å². The zero-order valence-corrected chi connectivity index (χ0v) is 20.3. The van der Waals surface area contributed by atoms with Gasteiger partial charge in [0.15, 0.2) is 0 Å². The standard InChI is InChI=1S/C22H46BrO2P/c1-3-5-7-9-11-13-14-15-17-19-21-25-26(23,24)22-20-18-16-12-10-8-6-4-2/h3-22H2,1-2H3. The SMILES string of the molecule is CCCCCCCCCCCCOP(=O)(Br)CCCCCCCCCC. The van der Waals surface area contributed by atoms with E-state index >= 15 is 0 Å². The third kappa shape index (κ3) is 21.0. The summed E-state index contributed by atoms with van der Waals surface area (Å²) in [6.07, 6.45) is 21.6. The van der Waals surface area contributed by atoms with E-state index in [9.17, 15) is 4.57 Å². The summed E-state index contributed by atoms with van der Waals surface area (Å²) in [6.45, 7) is 5.17. The van der Waals surface area contributed by atoms with Crippen molar-refractivity contribution in [2.24, 2.45) is 0 Å². The number of rotatable bonds is 21. The van der Waals surface area contributed by atoms with Crippen LogP contribution in [0.3, 0.4) is 0 Å². The van der Waals surface area contributed by atoms with Crippen LogP contribution in [-0.2, 0) is 9.09 Å². The summed E-state index contributed by atoms with van der Waals surface area (Å²) in [7, 11) is 0. The third-order valence-corrected chi connectivity index (χ3v) is 8.16. The average Bonchev–Trinajstić information content (AvgIpc) is 2.62. The van der Waals surface area contributed by atoms with E-state index < -0.39 is 6.07 Å². The van der Waals surface area contributed by atoms with Crippen LogP contribution >= 0.6 is 21.6 Å². The quantitative estimate of drug-likeness (QED) is 0.128. The Morgan fingerprint density at radius 3 is 1.35 bits per heavy atom. The van der Waals surface area contributed by atoms with Gasteiger partial charge >= 0.3 is 0 Å². The summed E-state index contributed by atoms with van der Waals surface area (Å²) in [5.41, 5.74) is 0. The number of hydrogen-bond donors (Lipinski definition) is 0. The molecule has 1 unspecified atom stereocenters. The van der Waals surface area contributed by atoms with Crippen molar-refractivity contribution in [2.45, 2.75) is 129 Å². The molecule has 0 bridgehead atoms. The summed E-state index contributed by atoms with van der Waals surface area (Å²) in [5.74, 6) is 0. The van der Waals surface area contributed by atoms with Crippen molar-refractivity contribution < 1.29 is 9.09 Å². The van der Waals surface area contributed by atoms with Gasteiger partial charge in [-0.1, -0.05) is 117 Å². The van der Waals surface area contributed by atoms with Gasteiger partial charge in [0.05, 0.1) is 6.61 Å². The first-order valence-corrected chi connectivity index (χ1v) is 15.4. The number of hydrogen-bond acceptors (Lipinski definition) is 2. The van der Waals surface area contributed by atoms with E-state index in [4.69, 9.17) is 4.52 Å². The van der Waals surface area contributed by atoms with Crippen molar-refractivity contribution in [3.05, 3.63) is 0 Å². The lowest BCUT2D eigenvalue weighted by molar-refractivity contribution is 0.312. The zero-order valence-electron chi connectivity index (χ0n) is 17.8. The van der Waals surface area contributed by atoms with Crippen LogP contribution in [0.15, 0.2) is 0 Å². The van der Waals surface area contributed by atoms with Gasteiger partial charge in [0.1, 0.15) is 0 Å². The molecule has 1 atom stereocenters. The predicted octanol–water partition coefficient (Wildman–Crippen LogP) is 9.65. The van der Waals surface area contributed by atoms with Gasteiger partial charge in [0.25, 0.3) is 6.07 Å². The smallest absolute Gasteiger partial charge is 0.265 e. The molecule has 0 aromatic heterocycles. The van der Waals surface area contributed by atoms with E-state index in [1.807, 2.05) is 0 Å². The molecule has 0 aliphatic heterocycles. The molecule has 0 aromatic carbocycles. The van der Waals surface area contributed by atoms with Gasteiger partial charge in [0.2, 0.25) is 0 Å². The van der Waals surface area contributed by atoms with Gasteiger partial charge in [-0.3, -0.25) is 4.57 Å². The maximum absolute atomic E-state index is 12.3. The number of unbranched alkanes of at least 4 members (excludes halogenated alkanes) is 16. The first-order chi connectivity index (χ1) is 12.6. The molecular weight excluding hydrogens is 407 g/mol. The molecule has 26 heavy (non-hydrogen) atoms. The van der Waals surface area contributed by atoms with Gasteiger partial charge < -0.3 is 4.52 Å². The van der Waals surface area contributed by atoms with Crippen molar-refractivity contribution in [2.75, 3.05) is 12.8 Å². The fourth-order valence-corrected chi connectivity index (χ4v) is 5.61. The second-order valence-corrected chi connectivity index (χ2v) is 12.9. The zero-order chi connectivity index (χ0) is 19.3. The lowest BCUT2D eigenvalue weighted by atomic mass is 10.1. The van der Waals surface area contributed by atoms with Crippen LogP contribution in [0.2, 0.25) is 0 Å². The fourth-order valence-electron chi connectivity index (χ4n) is 3.29. The van der Waals surface area contributed by atoms with Crippen molar-refractivity contribution in [3.63, 3.8) is 0 Å². The molecule has 0 saturated carbocycles.